The van der Waals surface area contributed by atoms with Crippen LogP contribution in [0.4, 0.5) is 0 Å². The van der Waals surface area contributed by atoms with Gasteiger partial charge in [-0.05, 0) is 38.3 Å². The molecule has 0 aromatic heterocycles. The van der Waals surface area contributed by atoms with Crippen LogP contribution in [0.15, 0.2) is 24.3 Å². The van der Waals surface area contributed by atoms with Crippen molar-refractivity contribution in [3.63, 3.8) is 0 Å². The smallest absolute Gasteiger partial charge is 0.0666 e. The van der Waals surface area contributed by atoms with Gasteiger partial charge in [-0.1, -0.05) is 37.6 Å². The average molecular weight is 235 g/mol. The Morgan fingerprint density at radius 3 is 2.24 bits per heavy atom. The van der Waals surface area contributed by atoms with Gasteiger partial charge in [0.15, 0.2) is 0 Å². The summed E-state index contributed by atoms with van der Waals surface area (Å²) in [5.74, 6) is 0. The predicted molar refractivity (Wildman–Crippen MR) is 73.1 cm³/mol. The third-order valence-corrected chi connectivity index (χ3v) is 2.64. The molecule has 0 amide bonds. The number of hydrogen-bond acceptors (Lipinski definition) is 2. The van der Waals surface area contributed by atoms with Crippen molar-refractivity contribution >= 4 is 0 Å². The zero-order valence-corrected chi connectivity index (χ0v) is 11.5. The summed E-state index contributed by atoms with van der Waals surface area (Å²) in [6, 6.07) is 8.51. The molecule has 1 atom stereocenters. The second-order valence-corrected chi connectivity index (χ2v) is 5.52. The van der Waals surface area contributed by atoms with Crippen LogP contribution in [0.1, 0.15) is 51.3 Å². The summed E-state index contributed by atoms with van der Waals surface area (Å²) < 4.78 is 5.70. The van der Waals surface area contributed by atoms with Crippen molar-refractivity contribution in [1.29, 1.82) is 0 Å². The van der Waals surface area contributed by atoms with Gasteiger partial charge in [0.05, 0.1) is 18.2 Å². The van der Waals surface area contributed by atoms with Crippen LogP contribution in [0.5, 0.6) is 0 Å². The first kappa shape index (κ1) is 14.2. The van der Waals surface area contributed by atoms with Crippen LogP contribution in [0.3, 0.4) is 0 Å². The Morgan fingerprint density at radius 2 is 1.76 bits per heavy atom. The molecular formula is C15H25NO. The van der Waals surface area contributed by atoms with E-state index in [1.807, 2.05) is 20.8 Å². The maximum absolute atomic E-state index is 6.10. The lowest BCUT2D eigenvalue weighted by atomic mass is 10.0. The Hall–Kier alpha value is -0.860. The van der Waals surface area contributed by atoms with E-state index in [9.17, 15) is 0 Å². The van der Waals surface area contributed by atoms with Gasteiger partial charge in [-0.2, -0.15) is 0 Å². The second kappa shape index (κ2) is 6.18. The molecule has 0 aliphatic carbocycles. The zero-order chi connectivity index (χ0) is 12.9. The van der Waals surface area contributed by atoms with E-state index < -0.39 is 0 Å². The Bertz CT molecular complexity index is 324. The average Bonchev–Trinajstić information content (AvgIpc) is 2.26. The van der Waals surface area contributed by atoms with Gasteiger partial charge in [0.2, 0.25) is 0 Å². The van der Waals surface area contributed by atoms with Gasteiger partial charge in [0.1, 0.15) is 0 Å². The number of rotatable bonds is 5. The fraction of sp³-hybridized carbons (Fsp3) is 0.600. The normalized spacial score (nSPS) is 13.7. The number of aryl methyl sites for hydroxylation is 1. The zero-order valence-electron chi connectivity index (χ0n) is 11.5. The SMILES string of the molecule is CCCc1ccc(C(N)COC(C)(C)C)cc1. The minimum atomic E-state index is -0.125. The molecule has 2 heteroatoms. The van der Waals surface area contributed by atoms with Crippen molar-refractivity contribution in [3.8, 4) is 0 Å². The predicted octanol–water partition coefficient (Wildman–Crippen LogP) is 3.45. The highest BCUT2D eigenvalue weighted by Gasteiger charge is 2.13. The van der Waals surface area contributed by atoms with Crippen LogP contribution >= 0.6 is 0 Å². The molecule has 0 spiro atoms. The molecule has 1 rings (SSSR count). The van der Waals surface area contributed by atoms with Crippen molar-refractivity contribution in [1.82, 2.24) is 0 Å². The van der Waals surface area contributed by atoms with Crippen molar-refractivity contribution < 1.29 is 4.74 Å². The van der Waals surface area contributed by atoms with Crippen LogP contribution in [-0.2, 0) is 11.2 Å². The first-order valence-electron chi connectivity index (χ1n) is 6.41. The molecule has 96 valence electrons. The second-order valence-electron chi connectivity index (χ2n) is 5.52. The van der Waals surface area contributed by atoms with E-state index in [-0.39, 0.29) is 11.6 Å². The Morgan fingerprint density at radius 1 is 1.18 bits per heavy atom. The van der Waals surface area contributed by atoms with E-state index in [2.05, 4.69) is 31.2 Å². The number of benzene rings is 1. The van der Waals surface area contributed by atoms with Gasteiger partial charge in [-0.15, -0.1) is 0 Å². The molecule has 1 unspecified atom stereocenters. The first-order valence-corrected chi connectivity index (χ1v) is 6.41. The molecule has 0 heterocycles. The lowest BCUT2D eigenvalue weighted by Gasteiger charge is -2.22. The molecule has 0 aliphatic heterocycles. The number of hydrogen-bond donors (Lipinski definition) is 1. The minimum Gasteiger partial charge on any atom is -0.374 e. The first-order chi connectivity index (χ1) is 7.92. The molecule has 17 heavy (non-hydrogen) atoms. The van der Waals surface area contributed by atoms with E-state index >= 15 is 0 Å². The molecule has 2 nitrogen and oxygen atoms in total. The maximum Gasteiger partial charge on any atom is 0.0666 e. The molecule has 1 aromatic rings. The molecule has 0 radical (unpaired) electrons. The van der Waals surface area contributed by atoms with Crippen molar-refractivity contribution in [3.05, 3.63) is 35.4 Å². The van der Waals surface area contributed by atoms with Gasteiger partial charge in [0, 0.05) is 0 Å². The topological polar surface area (TPSA) is 35.2 Å². The van der Waals surface area contributed by atoms with Crippen LogP contribution in [0, 0.1) is 0 Å². The summed E-state index contributed by atoms with van der Waals surface area (Å²) in [5, 5.41) is 0. The fourth-order valence-corrected chi connectivity index (χ4v) is 1.66. The molecule has 0 aliphatic rings. The van der Waals surface area contributed by atoms with Gasteiger partial charge in [-0.25, -0.2) is 0 Å². The highest BCUT2D eigenvalue weighted by molar-refractivity contribution is 5.25. The van der Waals surface area contributed by atoms with E-state index in [1.165, 1.54) is 12.0 Å². The Labute approximate surface area is 105 Å². The van der Waals surface area contributed by atoms with Crippen LogP contribution in [0.2, 0.25) is 0 Å². The third kappa shape index (κ3) is 5.33. The Kier molecular flexibility index (Phi) is 5.16. The summed E-state index contributed by atoms with van der Waals surface area (Å²) in [7, 11) is 0. The van der Waals surface area contributed by atoms with Gasteiger partial charge < -0.3 is 10.5 Å². The largest absolute Gasteiger partial charge is 0.374 e. The lowest BCUT2D eigenvalue weighted by Crippen LogP contribution is -2.26. The van der Waals surface area contributed by atoms with Gasteiger partial charge >= 0.3 is 0 Å². The van der Waals surface area contributed by atoms with Crippen LogP contribution < -0.4 is 5.73 Å². The monoisotopic (exact) mass is 235 g/mol. The van der Waals surface area contributed by atoms with Crippen LogP contribution in [-0.4, -0.2) is 12.2 Å². The number of nitrogens with two attached hydrogens (primary N) is 1. The van der Waals surface area contributed by atoms with Crippen molar-refractivity contribution in [2.75, 3.05) is 6.61 Å². The molecule has 0 fully saturated rings. The summed E-state index contributed by atoms with van der Waals surface area (Å²) in [5.41, 5.74) is 8.50. The fourth-order valence-electron chi connectivity index (χ4n) is 1.66. The summed E-state index contributed by atoms with van der Waals surface area (Å²) in [4.78, 5) is 0. The van der Waals surface area contributed by atoms with Crippen molar-refractivity contribution in [2.45, 2.75) is 52.2 Å². The third-order valence-electron chi connectivity index (χ3n) is 2.64. The molecule has 0 saturated carbocycles. The van der Waals surface area contributed by atoms with E-state index in [1.54, 1.807) is 0 Å². The van der Waals surface area contributed by atoms with E-state index in [0.29, 0.717) is 6.61 Å². The minimum absolute atomic E-state index is 0.0371. The van der Waals surface area contributed by atoms with Gasteiger partial charge in [-0.3, -0.25) is 0 Å². The van der Waals surface area contributed by atoms with E-state index in [0.717, 1.165) is 12.0 Å². The van der Waals surface area contributed by atoms with Gasteiger partial charge in [0.25, 0.3) is 0 Å². The maximum atomic E-state index is 6.10. The standard InChI is InChI=1S/C15H25NO/c1-5-6-12-7-9-13(10-8-12)14(16)11-17-15(2,3)4/h7-10,14H,5-6,11,16H2,1-4H3. The summed E-state index contributed by atoms with van der Waals surface area (Å²) in [6.45, 7) is 8.89. The number of ether oxygens (including phenoxy) is 1. The quantitative estimate of drug-likeness (QED) is 0.848. The van der Waals surface area contributed by atoms with E-state index in [4.69, 9.17) is 10.5 Å². The van der Waals surface area contributed by atoms with Crippen LogP contribution in [0.25, 0.3) is 0 Å². The van der Waals surface area contributed by atoms with Crippen molar-refractivity contribution in [2.24, 2.45) is 5.73 Å². The molecule has 0 bridgehead atoms. The summed E-state index contributed by atoms with van der Waals surface area (Å²) in [6.07, 6.45) is 2.31. The Balaban J connectivity index is 2.54. The molecule has 1 aromatic carbocycles. The highest BCUT2D eigenvalue weighted by Crippen LogP contribution is 2.16. The lowest BCUT2D eigenvalue weighted by molar-refractivity contribution is -0.0102. The molecular weight excluding hydrogens is 210 g/mol. The summed E-state index contributed by atoms with van der Waals surface area (Å²) >= 11 is 0. The molecule has 2 N–H and O–H groups in total. The highest BCUT2D eigenvalue weighted by atomic mass is 16.5. The molecule has 0 saturated heterocycles.